The van der Waals surface area contributed by atoms with E-state index >= 15 is 0 Å². The Balaban J connectivity index is 4.38. The molecule has 0 saturated heterocycles. The average Bonchev–Trinajstić information content (AvgIpc) is 3.19. The molecule has 0 saturated carbocycles. The molecule has 0 radical (unpaired) electrons. The van der Waals surface area contributed by atoms with Gasteiger partial charge in [0.25, 0.3) is 7.82 Å². The van der Waals surface area contributed by atoms with Crippen molar-refractivity contribution in [2.45, 2.75) is 206 Å². The summed E-state index contributed by atoms with van der Waals surface area (Å²) in [5, 5.41) is 0. The fourth-order valence-corrected chi connectivity index (χ4v) is 7.08. The Kier molecular flexibility index (Phi) is 39.9. The number of hydrogen-bond acceptors (Lipinski definition) is 8. The van der Waals surface area contributed by atoms with Gasteiger partial charge in [-0.15, -0.1) is 0 Å². The highest BCUT2D eigenvalue weighted by molar-refractivity contribution is 7.45. The second kappa shape index (κ2) is 41.3. The second-order valence-electron chi connectivity index (χ2n) is 17.1. The molecule has 0 N–H and O–H groups in total. The molecular formula is C49H90NO8P. The van der Waals surface area contributed by atoms with Crippen molar-refractivity contribution in [1.82, 2.24) is 0 Å². The summed E-state index contributed by atoms with van der Waals surface area (Å²) in [5.74, 6) is -0.895. The normalized spacial score (nSPS) is 13.9. The third-order valence-corrected chi connectivity index (χ3v) is 11.1. The van der Waals surface area contributed by atoms with Crippen LogP contribution in [0.4, 0.5) is 0 Å². The molecule has 0 rings (SSSR count). The summed E-state index contributed by atoms with van der Waals surface area (Å²) in [7, 11) is 1.14. The standard InChI is InChI=1S/C49H90NO8P/c1-6-8-10-12-14-16-18-20-22-24-26-28-30-32-34-36-38-40-42-49(52)58-47(46-57-59(53,54)56-44-43-50(3,4)5)45-55-48(51)41-39-37-35-33-31-29-27-25-23-21-19-17-15-13-11-9-7-2/h15,17,21,23,27,29,33,35,47H,6-14,16,18-20,22,24-26,28,30-32,34,36-46H2,1-5H3/b17-15+,23-21+,29-27+,35-33+/t47-/m1/s1. The van der Waals surface area contributed by atoms with Gasteiger partial charge in [-0.1, -0.05) is 184 Å². The third-order valence-electron chi connectivity index (χ3n) is 10.1. The molecule has 0 aromatic heterocycles. The van der Waals surface area contributed by atoms with E-state index in [-0.39, 0.29) is 26.1 Å². The van der Waals surface area contributed by atoms with Crippen LogP contribution in [0.1, 0.15) is 200 Å². The van der Waals surface area contributed by atoms with E-state index in [1.54, 1.807) is 0 Å². The molecule has 59 heavy (non-hydrogen) atoms. The summed E-state index contributed by atoms with van der Waals surface area (Å²) in [4.78, 5) is 37.6. The number of ether oxygens (including phenoxy) is 2. The maximum Gasteiger partial charge on any atom is 0.306 e. The van der Waals surface area contributed by atoms with E-state index < -0.39 is 32.5 Å². The second-order valence-corrected chi connectivity index (χ2v) is 18.5. The molecule has 1 unspecified atom stereocenters. The molecule has 0 amide bonds. The zero-order chi connectivity index (χ0) is 43.6. The first-order valence-electron chi connectivity index (χ1n) is 23.8. The van der Waals surface area contributed by atoms with Crippen LogP contribution < -0.4 is 4.89 Å². The number of allylic oxidation sites excluding steroid dienone is 8. The number of carbonyl (C=O) groups excluding carboxylic acids is 2. The molecule has 344 valence electrons. The van der Waals surface area contributed by atoms with Gasteiger partial charge in [0, 0.05) is 12.8 Å². The number of phosphoric ester groups is 1. The van der Waals surface area contributed by atoms with E-state index in [2.05, 4.69) is 62.5 Å². The number of esters is 2. The van der Waals surface area contributed by atoms with Crippen molar-refractivity contribution >= 4 is 19.8 Å². The van der Waals surface area contributed by atoms with E-state index in [9.17, 15) is 19.0 Å². The van der Waals surface area contributed by atoms with Crippen LogP contribution in [0.25, 0.3) is 0 Å². The van der Waals surface area contributed by atoms with Gasteiger partial charge in [0.15, 0.2) is 6.10 Å². The van der Waals surface area contributed by atoms with Crippen LogP contribution in [0.15, 0.2) is 48.6 Å². The fraction of sp³-hybridized carbons (Fsp3) is 0.796. The van der Waals surface area contributed by atoms with Gasteiger partial charge in [-0.05, 0) is 51.4 Å². The summed E-state index contributed by atoms with van der Waals surface area (Å²) < 4.78 is 33.9. The monoisotopic (exact) mass is 852 g/mol. The number of nitrogens with zero attached hydrogens (tertiary/aromatic N) is 1. The number of phosphoric acid groups is 1. The summed E-state index contributed by atoms with van der Waals surface area (Å²) >= 11 is 0. The van der Waals surface area contributed by atoms with E-state index in [0.29, 0.717) is 23.9 Å². The topological polar surface area (TPSA) is 111 Å². The molecule has 0 aromatic rings. The third kappa shape index (κ3) is 45.3. The smallest absolute Gasteiger partial charge is 0.306 e. The minimum atomic E-state index is -4.64. The lowest BCUT2D eigenvalue weighted by atomic mass is 10.0. The molecular weight excluding hydrogens is 762 g/mol. The Morgan fingerprint density at radius 3 is 1.41 bits per heavy atom. The lowest BCUT2D eigenvalue weighted by molar-refractivity contribution is -0.870. The first-order valence-corrected chi connectivity index (χ1v) is 25.3. The molecule has 2 atom stereocenters. The van der Waals surface area contributed by atoms with E-state index in [1.807, 2.05) is 21.1 Å². The Labute approximate surface area is 363 Å². The lowest BCUT2D eigenvalue weighted by Crippen LogP contribution is -2.37. The quantitative estimate of drug-likeness (QED) is 0.0196. The van der Waals surface area contributed by atoms with Crippen LogP contribution in [0.5, 0.6) is 0 Å². The Hall–Kier alpha value is -2.03. The van der Waals surface area contributed by atoms with Crippen LogP contribution in [0.2, 0.25) is 0 Å². The molecule has 0 fully saturated rings. The molecule has 0 aliphatic rings. The maximum atomic E-state index is 12.7. The molecule has 10 heteroatoms. The minimum Gasteiger partial charge on any atom is -0.756 e. The highest BCUT2D eigenvalue weighted by Crippen LogP contribution is 2.38. The zero-order valence-electron chi connectivity index (χ0n) is 38.7. The molecule has 0 spiro atoms. The summed E-state index contributed by atoms with van der Waals surface area (Å²) in [6.07, 6.45) is 48.6. The van der Waals surface area contributed by atoms with Crippen molar-refractivity contribution in [1.29, 1.82) is 0 Å². The first kappa shape index (κ1) is 57.0. The van der Waals surface area contributed by atoms with Crippen LogP contribution >= 0.6 is 7.82 Å². The Morgan fingerprint density at radius 1 is 0.525 bits per heavy atom. The number of unbranched alkanes of at least 4 members (excludes halogenated alkanes) is 21. The van der Waals surface area contributed by atoms with Crippen molar-refractivity contribution in [2.24, 2.45) is 0 Å². The Bertz CT molecular complexity index is 1150. The number of quaternary nitrogens is 1. The highest BCUT2D eigenvalue weighted by atomic mass is 31.2. The van der Waals surface area contributed by atoms with Crippen LogP contribution in [0.3, 0.4) is 0 Å². The van der Waals surface area contributed by atoms with Crippen molar-refractivity contribution in [3.05, 3.63) is 48.6 Å². The number of hydrogen-bond donors (Lipinski definition) is 0. The van der Waals surface area contributed by atoms with Gasteiger partial charge < -0.3 is 27.9 Å². The summed E-state index contributed by atoms with van der Waals surface area (Å²) in [6, 6.07) is 0. The van der Waals surface area contributed by atoms with E-state index in [1.165, 1.54) is 116 Å². The minimum absolute atomic E-state index is 0.0392. The van der Waals surface area contributed by atoms with Gasteiger partial charge in [-0.3, -0.25) is 14.2 Å². The maximum absolute atomic E-state index is 12.7. The average molecular weight is 852 g/mol. The van der Waals surface area contributed by atoms with Crippen molar-refractivity contribution in [3.63, 3.8) is 0 Å². The van der Waals surface area contributed by atoms with Crippen molar-refractivity contribution in [2.75, 3.05) is 47.5 Å². The van der Waals surface area contributed by atoms with Crippen molar-refractivity contribution in [3.8, 4) is 0 Å². The highest BCUT2D eigenvalue weighted by Gasteiger charge is 2.21. The largest absolute Gasteiger partial charge is 0.756 e. The van der Waals surface area contributed by atoms with E-state index in [0.717, 1.165) is 44.9 Å². The van der Waals surface area contributed by atoms with Gasteiger partial charge in [-0.2, -0.15) is 0 Å². The zero-order valence-corrected chi connectivity index (χ0v) is 39.6. The molecule has 0 aliphatic heterocycles. The van der Waals surface area contributed by atoms with Gasteiger partial charge in [0.2, 0.25) is 0 Å². The summed E-state index contributed by atoms with van der Waals surface area (Å²) in [5.41, 5.74) is 0. The number of likely N-dealkylation sites (N-methyl/N-ethyl adjacent to an activating group) is 1. The predicted molar refractivity (Wildman–Crippen MR) is 245 cm³/mol. The van der Waals surface area contributed by atoms with Gasteiger partial charge in [0.1, 0.15) is 19.8 Å². The SMILES string of the molecule is CCCCC/C=C/C/C=C/C/C=C/C/C=C/CCCC(=O)OC[C@H](COP(=O)([O-])OCC[N+](C)(C)C)OC(=O)CCCCCCCCCCCCCCCCCCCC. The molecule has 9 nitrogen and oxygen atoms in total. The van der Waals surface area contributed by atoms with E-state index in [4.69, 9.17) is 18.5 Å². The first-order chi connectivity index (χ1) is 28.5. The lowest BCUT2D eigenvalue weighted by Gasteiger charge is -2.28. The van der Waals surface area contributed by atoms with Gasteiger partial charge >= 0.3 is 11.9 Å². The molecule has 0 aliphatic carbocycles. The van der Waals surface area contributed by atoms with Crippen LogP contribution in [-0.2, 0) is 32.7 Å². The Morgan fingerprint density at radius 2 is 0.932 bits per heavy atom. The van der Waals surface area contributed by atoms with Crippen LogP contribution in [0, 0.1) is 0 Å². The predicted octanol–water partition coefficient (Wildman–Crippen LogP) is 13.2. The molecule has 0 aromatic carbocycles. The van der Waals surface area contributed by atoms with Gasteiger partial charge in [0.05, 0.1) is 27.7 Å². The molecule has 0 heterocycles. The van der Waals surface area contributed by atoms with Crippen molar-refractivity contribution < 1.29 is 42.1 Å². The number of carbonyl (C=O) groups is 2. The fourth-order valence-electron chi connectivity index (χ4n) is 6.35. The van der Waals surface area contributed by atoms with Crippen LogP contribution in [-0.4, -0.2) is 70.0 Å². The molecule has 0 bridgehead atoms. The summed E-state index contributed by atoms with van der Waals surface area (Å²) in [6.45, 7) is 4.15. The number of rotatable bonds is 43. The van der Waals surface area contributed by atoms with Gasteiger partial charge in [-0.25, -0.2) is 0 Å².